The van der Waals surface area contributed by atoms with Crippen molar-refractivity contribution in [3.8, 4) is 0 Å². The quantitative estimate of drug-likeness (QED) is 0.219. The number of ketones is 1. The molecule has 0 aliphatic carbocycles. The Morgan fingerprint density at radius 2 is 1.60 bits per heavy atom. The maximum absolute atomic E-state index is 12.8. The summed E-state index contributed by atoms with van der Waals surface area (Å²) in [6.45, 7) is 0.952. The average molecular weight is 486 g/mol. The van der Waals surface area contributed by atoms with Crippen LogP contribution in [-0.4, -0.2) is 29.2 Å². The highest BCUT2D eigenvalue weighted by atomic mass is 19.4. The van der Waals surface area contributed by atoms with Gasteiger partial charge in [0.2, 0.25) is 0 Å². The van der Waals surface area contributed by atoms with Gasteiger partial charge in [-0.3, -0.25) is 19.7 Å². The molecule has 0 radical (unpaired) electrons. The lowest BCUT2D eigenvalue weighted by molar-refractivity contribution is -0.384. The van der Waals surface area contributed by atoms with Gasteiger partial charge in [-0.2, -0.15) is 13.2 Å². The summed E-state index contributed by atoms with van der Waals surface area (Å²) in [6.07, 6.45) is -4.81. The molecule has 0 heterocycles. The number of hydrogen-bond acceptors (Lipinski definition) is 6. The number of carbonyl (C=O) groups excluding carboxylic acids is 3. The van der Waals surface area contributed by atoms with Crippen LogP contribution in [0.2, 0.25) is 0 Å². The van der Waals surface area contributed by atoms with E-state index >= 15 is 0 Å². The zero-order valence-electron chi connectivity index (χ0n) is 18.1. The lowest BCUT2D eigenvalue weighted by Gasteiger charge is -2.11. The number of rotatable bonds is 7. The number of amides is 1. The van der Waals surface area contributed by atoms with Crippen molar-refractivity contribution in [3.63, 3.8) is 0 Å². The van der Waals surface area contributed by atoms with Gasteiger partial charge in [0.1, 0.15) is 5.69 Å². The van der Waals surface area contributed by atoms with Crippen LogP contribution in [0.5, 0.6) is 0 Å². The van der Waals surface area contributed by atoms with Gasteiger partial charge in [0.05, 0.1) is 16.1 Å². The van der Waals surface area contributed by atoms with Gasteiger partial charge in [0, 0.05) is 17.2 Å². The number of nitrogens with one attached hydrogen (secondary N) is 1. The standard InChI is InChI=1S/C24H17F3N2O6/c1-14-6-8-15(9-7-14)22(31)17-4-2-3-5-18(17)23(32)35-13-21(30)28-19-11-10-16(24(25,26)27)12-20(19)29(33)34/h2-12H,13H2,1H3,(H,28,30). The second-order valence-corrected chi connectivity index (χ2v) is 7.35. The van der Waals surface area contributed by atoms with E-state index in [0.29, 0.717) is 11.6 Å². The first-order valence-electron chi connectivity index (χ1n) is 10.0. The fourth-order valence-corrected chi connectivity index (χ4v) is 3.08. The van der Waals surface area contributed by atoms with Crippen LogP contribution in [0.15, 0.2) is 66.7 Å². The first-order chi connectivity index (χ1) is 16.5. The van der Waals surface area contributed by atoms with Gasteiger partial charge in [-0.25, -0.2) is 4.79 Å². The topological polar surface area (TPSA) is 116 Å². The molecular formula is C24H17F3N2O6. The van der Waals surface area contributed by atoms with E-state index in [1.165, 1.54) is 18.2 Å². The van der Waals surface area contributed by atoms with Crippen LogP contribution in [0.3, 0.4) is 0 Å². The molecule has 0 bridgehead atoms. The van der Waals surface area contributed by atoms with Crippen LogP contribution in [0.1, 0.15) is 37.4 Å². The van der Waals surface area contributed by atoms with Crippen LogP contribution in [0.25, 0.3) is 0 Å². The van der Waals surface area contributed by atoms with Crippen molar-refractivity contribution >= 4 is 29.0 Å². The fourth-order valence-electron chi connectivity index (χ4n) is 3.08. The maximum atomic E-state index is 12.8. The Balaban J connectivity index is 1.72. The number of nitro groups is 1. The van der Waals surface area contributed by atoms with Crippen LogP contribution in [0, 0.1) is 17.0 Å². The molecule has 0 spiro atoms. The highest BCUT2D eigenvalue weighted by molar-refractivity contribution is 6.14. The minimum Gasteiger partial charge on any atom is -0.452 e. The Kier molecular flexibility index (Phi) is 7.28. The molecule has 3 rings (SSSR count). The van der Waals surface area contributed by atoms with Gasteiger partial charge in [-0.15, -0.1) is 0 Å². The molecule has 3 aromatic rings. The zero-order chi connectivity index (χ0) is 25.8. The summed E-state index contributed by atoms with van der Waals surface area (Å²) in [5.74, 6) is -2.47. The Labute approximate surface area is 196 Å². The summed E-state index contributed by atoms with van der Waals surface area (Å²) in [6, 6.07) is 14.1. The van der Waals surface area contributed by atoms with Gasteiger partial charge in [0.25, 0.3) is 11.6 Å². The fraction of sp³-hybridized carbons (Fsp3) is 0.125. The number of anilines is 1. The van der Waals surface area contributed by atoms with Crippen molar-refractivity contribution in [3.05, 3.63) is 105 Å². The molecule has 1 N–H and O–H groups in total. The van der Waals surface area contributed by atoms with E-state index in [2.05, 4.69) is 5.32 Å². The predicted octanol–water partition coefficient (Wildman–Crippen LogP) is 4.95. The van der Waals surface area contributed by atoms with E-state index in [1.807, 2.05) is 6.92 Å². The van der Waals surface area contributed by atoms with Crippen LogP contribution in [-0.2, 0) is 15.7 Å². The molecule has 0 unspecified atom stereocenters. The number of alkyl halides is 3. The largest absolute Gasteiger partial charge is 0.452 e. The van der Waals surface area contributed by atoms with E-state index in [9.17, 15) is 37.7 Å². The average Bonchev–Trinajstić information content (AvgIpc) is 2.82. The second kappa shape index (κ2) is 10.2. The third-order valence-electron chi connectivity index (χ3n) is 4.84. The summed E-state index contributed by atoms with van der Waals surface area (Å²) in [7, 11) is 0. The van der Waals surface area contributed by atoms with Crippen LogP contribution < -0.4 is 5.32 Å². The van der Waals surface area contributed by atoms with Gasteiger partial charge < -0.3 is 10.1 Å². The number of hydrogen-bond donors (Lipinski definition) is 1. The molecule has 3 aromatic carbocycles. The number of benzene rings is 3. The number of halogens is 3. The number of nitrogens with zero attached hydrogens (tertiary/aromatic N) is 1. The minimum atomic E-state index is -4.81. The van der Waals surface area contributed by atoms with Gasteiger partial charge in [-0.1, -0.05) is 48.0 Å². The molecule has 11 heteroatoms. The van der Waals surface area contributed by atoms with Gasteiger partial charge >= 0.3 is 12.1 Å². The number of nitro benzene ring substituents is 1. The van der Waals surface area contributed by atoms with Crippen LogP contribution in [0.4, 0.5) is 24.5 Å². The normalized spacial score (nSPS) is 11.0. The highest BCUT2D eigenvalue weighted by Crippen LogP contribution is 2.35. The minimum absolute atomic E-state index is 0.0418. The van der Waals surface area contributed by atoms with E-state index < -0.39 is 52.3 Å². The Hall–Kier alpha value is -4.54. The molecule has 1 amide bonds. The molecular weight excluding hydrogens is 469 g/mol. The maximum Gasteiger partial charge on any atom is 0.416 e. The van der Waals surface area contributed by atoms with Crippen molar-refractivity contribution in [1.82, 2.24) is 0 Å². The van der Waals surface area contributed by atoms with Crippen molar-refractivity contribution in [2.75, 3.05) is 11.9 Å². The number of ether oxygens (including phenoxy) is 1. The molecule has 0 saturated carbocycles. The molecule has 35 heavy (non-hydrogen) atoms. The van der Waals surface area contributed by atoms with E-state index in [1.54, 1.807) is 30.3 Å². The molecule has 0 fully saturated rings. The summed E-state index contributed by atoms with van der Waals surface area (Å²) in [5.41, 5.74) is -1.53. The van der Waals surface area contributed by atoms with E-state index in [0.717, 1.165) is 11.6 Å². The Bertz CT molecular complexity index is 1300. The van der Waals surface area contributed by atoms with Crippen molar-refractivity contribution in [2.45, 2.75) is 13.1 Å². The molecule has 8 nitrogen and oxygen atoms in total. The van der Waals surface area contributed by atoms with E-state index in [4.69, 9.17) is 4.74 Å². The molecule has 0 atom stereocenters. The molecule has 0 aliphatic heterocycles. The Morgan fingerprint density at radius 1 is 0.971 bits per heavy atom. The second-order valence-electron chi connectivity index (χ2n) is 7.35. The SMILES string of the molecule is Cc1ccc(C(=O)c2ccccc2C(=O)OCC(=O)Nc2ccc(C(F)(F)F)cc2[N+](=O)[O-])cc1. The molecule has 0 aromatic heterocycles. The lowest BCUT2D eigenvalue weighted by atomic mass is 9.98. The van der Waals surface area contributed by atoms with Crippen molar-refractivity contribution in [1.29, 1.82) is 0 Å². The number of carbonyl (C=O) groups is 3. The predicted molar refractivity (Wildman–Crippen MR) is 118 cm³/mol. The van der Waals surface area contributed by atoms with Gasteiger partial charge in [0.15, 0.2) is 12.4 Å². The first kappa shape index (κ1) is 25.1. The third-order valence-corrected chi connectivity index (χ3v) is 4.84. The van der Waals surface area contributed by atoms with Crippen molar-refractivity contribution < 1.29 is 37.2 Å². The monoisotopic (exact) mass is 486 g/mol. The summed E-state index contributed by atoms with van der Waals surface area (Å²) >= 11 is 0. The Morgan fingerprint density at radius 3 is 2.20 bits per heavy atom. The third kappa shape index (κ3) is 6.08. The zero-order valence-corrected chi connectivity index (χ0v) is 18.1. The van der Waals surface area contributed by atoms with Crippen LogP contribution >= 0.6 is 0 Å². The van der Waals surface area contributed by atoms with E-state index in [-0.39, 0.29) is 17.2 Å². The molecule has 180 valence electrons. The number of esters is 1. The highest BCUT2D eigenvalue weighted by Gasteiger charge is 2.33. The molecule has 0 aliphatic rings. The summed E-state index contributed by atoms with van der Waals surface area (Å²) in [5, 5.41) is 13.2. The summed E-state index contributed by atoms with van der Waals surface area (Å²) < 4.78 is 43.4. The van der Waals surface area contributed by atoms with Crippen molar-refractivity contribution in [2.24, 2.45) is 0 Å². The first-order valence-corrected chi connectivity index (χ1v) is 10.0. The summed E-state index contributed by atoms with van der Waals surface area (Å²) in [4.78, 5) is 47.6. The number of aryl methyl sites for hydroxylation is 1. The van der Waals surface area contributed by atoms with Gasteiger partial charge in [-0.05, 0) is 25.1 Å². The molecule has 0 saturated heterocycles. The smallest absolute Gasteiger partial charge is 0.416 e. The lowest BCUT2D eigenvalue weighted by Crippen LogP contribution is -2.22.